The molecule has 92 valence electrons. The fourth-order valence-corrected chi connectivity index (χ4v) is 1.57. The standard InChI is InChI=1S/C12H16N2O3/c1-3-14(7-11(13)16)12(17)10-5-4-9(15)6-8(10)2/h4-6,15H,3,7H2,1-2H3,(H2,13,16). The minimum Gasteiger partial charge on any atom is -0.508 e. The minimum atomic E-state index is -0.545. The molecule has 0 saturated carbocycles. The molecule has 1 aromatic rings. The summed E-state index contributed by atoms with van der Waals surface area (Å²) in [6.45, 7) is 3.80. The number of amides is 2. The second-order valence-electron chi connectivity index (χ2n) is 3.78. The number of rotatable bonds is 4. The quantitative estimate of drug-likeness (QED) is 0.805. The lowest BCUT2D eigenvalue weighted by Crippen LogP contribution is -2.38. The highest BCUT2D eigenvalue weighted by atomic mass is 16.3. The van der Waals surface area contributed by atoms with Crippen molar-refractivity contribution in [2.24, 2.45) is 5.73 Å². The van der Waals surface area contributed by atoms with Gasteiger partial charge in [0.1, 0.15) is 5.75 Å². The van der Waals surface area contributed by atoms with Crippen molar-refractivity contribution in [3.63, 3.8) is 0 Å². The lowest BCUT2D eigenvalue weighted by molar-refractivity contribution is -0.118. The lowest BCUT2D eigenvalue weighted by atomic mass is 10.1. The first kappa shape index (κ1) is 13.0. The maximum atomic E-state index is 12.1. The fraction of sp³-hybridized carbons (Fsp3) is 0.333. The molecule has 0 heterocycles. The molecule has 0 radical (unpaired) electrons. The first-order valence-corrected chi connectivity index (χ1v) is 5.33. The first-order valence-electron chi connectivity index (χ1n) is 5.33. The zero-order valence-corrected chi connectivity index (χ0v) is 9.93. The number of carbonyl (C=O) groups excluding carboxylic acids is 2. The van der Waals surface area contributed by atoms with Crippen LogP contribution in [-0.2, 0) is 4.79 Å². The number of nitrogens with two attached hydrogens (primary N) is 1. The molecule has 3 N–H and O–H groups in total. The molecule has 1 rings (SSSR count). The average molecular weight is 236 g/mol. The first-order chi connectivity index (χ1) is 7.95. The fourth-order valence-electron chi connectivity index (χ4n) is 1.57. The summed E-state index contributed by atoms with van der Waals surface area (Å²) in [6, 6.07) is 4.49. The van der Waals surface area contributed by atoms with Crippen LogP contribution in [0.5, 0.6) is 5.75 Å². The van der Waals surface area contributed by atoms with Gasteiger partial charge in [-0.2, -0.15) is 0 Å². The van der Waals surface area contributed by atoms with Crippen molar-refractivity contribution in [2.75, 3.05) is 13.1 Å². The maximum Gasteiger partial charge on any atom is 0.254 e. The molecule has 0 aliphatic heterocycles. The molecular weight excluding hydrogens is 220 g/mol. The largest absolute Gasteiger partial charge is 0.508 e. The van der Waals surface area contributed by atoms with Gasteiger partial charge in [-0.05, 0) is 37.6 Å². The molecule has 0 aromatic heterocycles. The van der Waals surface area contributed by atoms with E-state index in [9.17, 15) is 14.7 Å². The molecule has 5 nitrogen and oxygen atoms in total. The zero-order valence-electron chi connectivity index (χ0n) is 9.93. The number of primary amides is 1. The van der Waals surface area contributed by atoms with Gasteiger partial charge in [-0.15, -0.1) is 0 Å². The van der Waals surface area contributed by atoms with Crippen LogP contribution in [0.2, 0.25) is 0 Å². The van der Waals surface area contributed by atoms with Gasteiger partial charge in [0.15, 0.2) is 0 Å². The maximum absolute atomic E-state index is 12.1. The molecule has 5 heteroatoms. The van der Waals surface area contributed by atoms with Crippen molar-refractivity contribution in [1.29, 1.82) is 0 Å². The van der Waals surface area contributed by atoms with Crippen molar-refractivity contribution in [2.45, 2.75) is 13.8 Å². The molecular formula is C12H16N2O3. The van der Waals surface area contributed by atoms with Gasteiger partial charge in [-0.25, -0.2) is 0 Å². The summed E-state index contributed by atoms with van der Waals surface area (Å²) >= 11 is 0. The Morgan fingerprint density at radius 2 is 2.06 bits per heavy atom. The molecule has 1 aromatic carbocycles. The summed E-state index contributed by atoms with van der Waals surface area (Å²) in [5.74, 6) is -0.697. The number of benzene rings is 1. The Morgan fingerprint density at radius 1 is 1.41 bits per heavy atom. The molecule has 0 unspecified atom stereocenters. The van der Waals surface area contributed by atoms with E-state index in [0.717, 1.165) is 0 Å². The summed E-state index contributed by atoms with van der Waals surface area (Å²) < 4.78 is 0. The van der Waals surface area contributed by atoms with Crippen molar-refractivity contribution in [3.8, 4) is 5.75 Å². The van der Waals surface area contributed by atoms with Crippen LogP contribution < -0.4 is 5.73 Å². The minimum absolute atomic E-state index is 0.102. The molecule has 17 heavy (non-hydrogen) atoms. The Hall–Kier alpha value is -2.04. The van der Waals surface area contributed by atoms with Gasteiger partial charge in [0, 0.05) is 12.1 Å². The second kappa shape index (κ2) is 5.34. The normalized spacial score (nSPS) is 10.0. The molecule has 0 spiro atoms. The van der Waals surface area contributed by atoms with E-state index in [1.54, 1.807) is 13.8 Å². The monoisotopic (exact) mass is 236 g/mol. The van der Waals surface area contributed by atoms with Gasteiger partial charge in [0.25, 0.3) is 5.91 Å². The number of aromatic hydroxyl groups is 1. The number of hydrogen-bond acceptors (Lipinski definition) is 3. The van der Waals surface area contributed by atoms with E-state index in [1.165, 1.54) is 23.1 Å². The summed E-state index contributed by atoms with van der Waals surface area (Å²) in [5.41, 5.74) is 6.20. The highest BCUT2D eigenvalue weighted by Crippen LogP contribution is 2.17. The van der Waals surface area contributed by atoms with Gasteiger partial charge in [-0.3, -0.25) is 9.59 Å². The Morgan fingerprint density at radius 3 is 2.53 bits per heavy atom. The third kappa shape index (κ3) is 3.21. The molecule has 0 aliphatic carbocycles. The Kier molecular flexibility index (Phi) is 4.09. The third-order valence-electron chi connectivity index (χ3n) is 2.46. The van der Waals surface area contributed by atoms with Crippen LogP contribution in [0, 0.1) is 6.92 Å². The number of phenols is 1. The number of nitrogens with zero attached hydrogens (tertiary/aromatic N) is 1. The smallest absolute Gasteiger partial charge is 0.254 e. The number of likely N-dealkylation sites (N-methyl/N-ethyl adjacent to an activating group) is 1. The number of carbonyl (C=O) groups is 2. The predicted molar refractivity (Wildman–Crippen MR) is 63.6 cm³/mol. The summed E-state index contributed by atoms with van der Waals surface area (Å²) in [5, 5.41) is 9.26. The number of phenolic OH excluding ortho intramolecular Hbond substituents is 1. The molecule has 0 aliphatic rings. The van der Waals surface area contributed by atoms with Crippen LogP contribution in [0.25, 0.3) is 0 Å². The van der Waals surface area contributed by atoms with Crippen LogP contribution in [-0.4, -0.2) is 34.9 Å². The van der Waals surface area contributed by atoms with Gasteiger partial charge in [0.2, 0.25) is 5.91 Å². The van der Waals surface area contributed by atoms with Gasteiger partial charge >= 0.3 is 0 Å². The molecule has 0 fully saturated rings. The van der Waals surface area contributed by atoms with Crippen LogP contribution in [0.3, 0.4) is 0 Å². The Bertz CT molecular complexity index is 443. The van der Waals surface area contributed by atoms with Crippen molar-refractivity contribution in [3.05, 3.63) is 29.3 Å². The predicted octanol–water partition coefficient (Wildman–Crippen LogP) is 0.648. The highest BCUT2D eigenvalue weighted by Gasteiger charge is 2.17. The molecule has 0 saturated heterocycles. The lowest BCUT2D eigenvalue weighted by Gasteiger charge is -2.20. The van der Waals surface area contributed by atoms with E-state index in [0.29, 0.717) is 17.7 Å². The van der Waals surface area contributed by atoms with Crippen LogP contribution in [0.4, 0.5) is 0 Å². The Balaban J connectivity index is 2.97. The number of hydrogen-bond donors (Lipinski definition) is 2. The van der Waals surface area contributed by atoms with Crippen molar-refractivity contribution >= 4 is 11.8 Å². The molecule has 0 bridgehead atoms. The molecule has 2 amide bonds. The SMILES string of the molecule is CCN(CC(N)=O)C(=O)c1ccc(O)cc1C. The van der Waals surface area contributed by atoms with Gasteiger partial charge < -0.3 is 15.7 Å². The van der Waals surface area contributed by atoms with Crippen molar-refractivity contribution < 1.29 is 14.7 Å². The average Bonchev–Trinajstić information content (AvgIpc) is 2.24. The van der Waals surface area contributed by atoms with E-state index in [1.807, 2.05) is 0 Å². The second-order valence-corrected chi connectivity index (χ2v) is 3.78. The Labute approximate surface area is 99.8 Å². The van der Waals surface area contributed by atoms with Crippen molar-refractivity contribution in [1.82, 2.24) is 4.90 Å². The topological polar surface area (TPSA) is 83.6 Å². The van der Waals surface area contributed by atoms with Crippen LogP contribution in [0.15, 0.2) is 18.2 Å². The summed E-state index contributed by atoms with van der Waals surface area (Å²) in [6.07, 6.45) is 0. The van der Waals surface area contributed by atoms with E-state index < -0.39 is 5.91 Å². The van der Waals surface area contributed by atoms with Gasteiger partial charge in [-0.1, -0.05) is 0 Å². The highest BCUT2D eigenvalue weighted by molar-refractivity contribution is 5.97. The molecule has 0 atom stereocenters. The van der Waals surface area contributed by atoms with E-state index >= 15 is 0 Å². The zero-order chi connectivity index (χ0) is 13.0. The van der Waals surface area contributed by atoms with E-state index in [4.69, 9.17) is 5.73 Å². The van der Waals surface area contributed by atoms with Crippen LogP contribution in [0.1, 0.15) is 22.8 Å². The third-order valence-corrected chi connectivity index (χ3v) is 2.46. The van der Waals surface area contributed by atoms with E-state index in [-0.39, 0.29) is 18.2 Å². The van der Waals surface area contributed by atoms with Gasteiger partial charge in [0.05, 0.1) is 6.54 Å². The number of aryl methyl sites for hydroxylation is 1. The summed E-state index contributed by atoms with van der Waals surface area (Å²) in [7, 11) is 0. The van der Waals surface area contributed by atoms with Crippen LogP contribution >= 0.6 is 0 Å². The summed E-state index contributed by atoms with van der Waals surface area (Å²) in [4.78, 5) is 24.3. The van der Waals surface area contributed by atoms with E-state index in [2.05, 4.69) is 0 Å².